The van der Waals surface area contributed by atoms with Gasteiger partial charge in [-0.2, -0.15) is 5.10 Å². The first-order valence-electron chi connectivity index (χ1n) is 12.1. The van der Waals surface area contributed by atoms with Crippen LogP contribution in [-0.4, -0.2) is 60.1 Å². The molecule has 0 N–H and O–H groups in total. The summed E-state index contributed by atoms with van der Waals surface area (Å²) in [6, 6.07) is 5.17. The molecule has 1 amide bonds. The van der Waals surface area contributed by atoms with E-state index in [4.69, 9.17) is 11.6 Å². The van der Waals surface area contributed by atoms with Gasteiger partial charge < -0.3 is 9.80 Å². The van der Waals surface area contributed by atoms with Crippen LogP contribution < -0.4 is 4.90 Å². The Morgan fingerprint density at radius 2 is 1.68 bits per heavy atom. The zero-order chi connectivity index (χ0) is 27.1. The van der Waals surface area contributed by atoms with E-state index in [9.17, 15) is 26.4 Å². The van der Waals surface area contributed by atoms with Crippen LogP contribution in [0.25, 0.3) is 11.3 Å². The van der Waals surface area contributed by atoms with Gasteiger partial charge in [0.25, 0.3) is 5.91 Å². The zero-order valence-corrected chi connectivity index (χ0v) is 22.2. The van der Waals surface area contributed by atoms with Gasteiger partial charge in [0.15, 0.2) is 9.84 Å². The van der Waals surface area contributed by atoms with E-state index in [1.165, 1.54) is 18.2 Å². The molecule has 200 valence electrons. The van der Waals surface area contributed by atoms with Crippen molar-refractivity contribution in [3.8, 4) is 11.3 Å². The van der Waals surface area contributed by atoms with Crippen molar-refractivity contribution < 1.29 is 26.4 Å². The molecular weight excluding hydrogens is 541 g/mol. The third kappa shape index (κ3) is 3.98. The Hall–Kier alpha value is -3.05. The van der Waals surface area contributed by atoms with Gasteiger partial charge in [0.2, 0.25) is 0 Å². The number of fused-ring (bicyclic) bond motifs is 1. The molecule has 2 aromatic carbocycles. The number of halogens is 4. The lowest BCUT2D eigenvalue weighted by Crippen LogP contribution is -2.68. The number of nitrogens with zero attached hydrogens (tertiary/aromatic N) is 4. The lowest BCUT2D eigenvalue weighted by atomic mass is 9.82. The summed E-state index contributed by atoms with van der Waals surface area (Å²) < 4.78 is 67.3. The minimum atomic E-state index is -3.00. The summed E-state index contributed by atoms with van der Waals surface area (Å²) in [7, 11) is -1.32. The van der Waals surface area contributed by atoms with Crippen molar-refractivity contribution in [1.82, 2.24) is 14.7 Å². The van der Waals surface area contributed by atoms with E-state index in [2.05, 4.69) is 5.10 Å². The molecule has 7 nitrogen and oxygen atoms in total. The monoisotopic (exact) mass is 564 g/mol. The number of aromatic nitrogens is 2. The summed E-state index contributed by atoms with van der Waals surface area (Å²) in [5.41, 5.74) is 2.38. The first-order valence-corrected chi connectivity index (χ1v) is 14.3. The van der Waals surface area contributed by atoms with Gasteiger partial charge in [0.05, 0.1) is 45.2 Å². The van der Waals surface area contributed by atoms with Gasteiger partial charge in [-0.05, 0) is 37.6 Å². The number of benzene rings is 2. The van der Waals surface area contributed by atoms with Crippen LogP contribution in [0.15, 0.2) is 30.3 Å². The molecule has 6 rings (SSSR count). The topological polar surface area (TPSA) is 75.5 Å². The van der Waals surface area contributed by atoms with Gasteiger partial charge in [0.1, 0.15) is 17.5 Å². The molecule has 1 spiro atoms. The summed E-state index contributed by atoms with van der Waals surface area (Å²) in [6.07, 6.45) is 0.385. The predicted molar refractivity (Wildman–Crippen MR) is 136 cm³/mol. The number of rotatable bonds is 3. The Labute approximate surface area is 222 Å². The number of hydrogen-bond donors (Lipinski definition) is 0. The van der Waals surface area contributed by atoms with Crippen molar-refractivity contribution in [3.63, 3.8) is 0 Å². The summed E-state index contributed by atoms with van der Waals surface area (Å²) in [5, 5.41) is 4.67. The fraction of sp³-hybridized carbons (Fsp3) is 0.385. The van der Waals surface area contributed by atoms with Crippen molar-refractivity contribution in [1.29, 1.82) is 0 Å². The number of amides is 1. The maximum absolute atomic E-state index is 14.7. The van der Waals surface area contributed by atoms with Crippen LogP contribution in [0.2, 0.25) is 5.02 Å². The molecule has 3 aromatic rings. The van der Waals surface area contributed by atoms with Crippen molar-refractivity contribution in [2.45, 2.75) is 19.4 Å². The normalized spacial score (nSPS) is 21.2. The van der Waals surface area contributed by atoms with Crippen molar-refractivity contribution in [3.05, 3.63) is 69.6 Å². The molecule has 12 heteroatoms. The lowest BCUT2D eigenvalue weighted by molar-refractivity contribution is 0.0673. The van der Waals surface area contributed by atoms with Crippen LogP contribution in [0.5, 0.6) is 0 Å². The largest absolute Gasteiger partial charge is 0.369 e. The molecule has 0 aliphatic carbocycles. The summed E-state index contributed by atoms with van der Waals surface area (Å²) in [5.74, 6) is -2.25. The van der Waals surface area contributed by atoms with Crippen molar-refractivity contribution >= 4 is 33.0 Å². The molecule has 0 saturated carbocycles. The fourth-order valence-corrected chi connectivity index (χ4v) is 8.65. The minimum Gasteiger partial charge on any atom is -0.369 e. The number of sulfone groups is 1. The second kappa shape index (κ2) is 8.47. The van der Waals surface area contributed by atoms with Crippen LogP contribution in [0.1, 0.15) is 34.6 Å². The number of aryl methyl sites for hydroxylation is 1. The van der Waals surface area contributed by atoms with E-state index in [-0.39, 0.29) is 34.1 Å². The van der Waals surface area contributed by atoms with E-state index in [1.54, 1.807) is 28.5 Å². The maximum atomic E-state index is 14.7. The highest BCUT2D eigenvalue weighted by atomic mass is 35.5. The number of anilines is 1. The Kier molecular flexibility index (Phi) is 5.63. The summed E-state index contributed by atoms with van der Waals surface area (Å²) in [6.45, 7) is 2.94. The molecule has 0 radical (unpaired) electrons. The Bertz CT molecular complexity index is 1580. The van der Waals surface area contributed by atoms with Crippen LogP contribution in [0.4, 0.5) is 18.9 Å². The van der Waals surface area contributed by atoms with Gasteiger partial charge in [0, 0.05) is 49.3 Å². The average molecular weight is 565 g/mol. The third-order valence-corrected chi connectivity index (χ3v) is 10.2. The first-order chi connectivity index (χ1) is 17.9. The molecule has 3 aliphatic rings. The average Bonchev–Trinajstić information content (AvgIpc) is 3.13. The Morgan fingerprint density at radius 3 is 2.32 bits per heavy atom. The van der Waals surface area contributed by atoms with Crippen molar-refractivity contribution in [2.24, 2.45) is 12.5 Å². The number of carbonyl (C=O) groups is 1. The van der Waals surface area contributed by atoms with E-state index in [0.29, 0.717) is 42.1 Å². The Morgan fingerprint density at radius 1 is 1.05 bits per heavy atom. The molecular formula is C26H24ClF3N4O3S. The highest BCUT2D eigenvalue weighted by Gasteiger charge is 2.56. The lowest BCUT2D eigenvalue weighted by Gasteiger charge is -2.56. The van der Waals surface area contributed by atoms with Crippen LogP contribution in [-0.2, 0) is 23.3 Å². The van der Waals surface area contributed by atoms with E-state index in [1.807, 2.05) is 0 Å². The quantitative estimate of drug-likeness (QED) is 0.478. The molecule has 2 fully saturated rings. The molecule has 38 heavy (non-hydrogen) atoms. The predicted octanol–water partition coefficient (Wildman–Crippen LogP) is 4.15. The number of carbonyl (C=O) groups excluding carboxylic acids is 1. The van der Waals surface area contributed by atoms with Crippen LogP contribution in [0, 0.1) is 22.9 Å². The molecule has 3 aliphatic heterocycles. The molecule has 1 atom stereocenters. The van der Waals surface area contributed by atoms with E-state index < -0.39 is 39.2 Å². The SMILES string of the molecule is C[C@@H]1c2nn(C)c(-c3cc(F)cc(F)c3)c2CCN1C(=O)c1cc(F)cc(N2CC3(C2)CS(=O)(=O)C3)c1Cl. The Balaban J connectivity index is 1.28. The van der Waals surface area contributed by atoms with Gasteiger partial charge in [-0.3, -0.25) is 9.48 Å². The second-order valence-corrected chi connectivity index (χ2v) is 13.0. The molecule has 4 heterocycles. The van der Waals surface area contributed by atoms with Gasteiger partial charge in [-0.15, -0.1) is 0 Å². The number of hydrogen-bond acceptors (Lipinski definition) is 5. The smallest absolute Gasteiger partial charge is 0.256 e. The highest BCUT2D eigenvalue weighted by Crippen LogP contribution is 2.46. The molecule has 0 unspecified atom stereocenters. The standard InChI is InChI=1S/C26H24ClF3N4O3S/c1-14-23-19(24(32(2)31-23)15-5-16(28)7-17(29)6-15)3-4-34(14)25(35)20-8-18(30)9-21(22(20)27)33-10-26(11-33)12-38(36,37)13-26/h5-9,14H,3-4,10-13H2,1-2H3/t14-/m1/s1. The fourth-order valence-electron chi connectivity index (χ4n) is 6.20. The van der Waals surface area contributed by atoms with Crippen LogP contribution in [0.3, 0.4) is 0 Å². The van der Waals surface area contributed by atoms with Gasteiger partial charge in [-0.25, -0.2) is 21.6 Å². The first kappa shape index (κ1) is 25.2. The second-order valence-electron chi connectivity index (χ2n) is 10.6. The highest BCUT2D eigenvalue weighted by molar-refractivity contribution is 7.92. The summed E-state index contributed by atoms with van der Waals surface area (Å²) in [4.78, 5) is 17.0. The summed E-state index contributed by atoms with van der Waals surface area (Å²) >= 11 is 6.63. The molecule has 1 aromatic heterocycles. The van der Waals surface area contributed by atoms with E-state index >= 15 is 0 Å². The molecule has 0 bridgehead atoms. The van der Waals surface area contributed by atoms with Crippen LogP contribution >= 0.6 is 11.6 Å². The maximum Gasteiger partial charge on any atom is 0.256 e. The third-order valence-electron chi connectivity index (χ3n) is 7.73. The van der Waals surface area contributed by atoms with Gasteiger partial charge in [-0.1, -0.05) is 11.6 Å². The zero-order valence-electron chi connectivity index (χ0n) is 20.6. The van der Waals surface area contributed by atoms with Crippen molar-refractivity contribution in [2.75, 3.05) is 36.0 Å². The van der Waals surface area contributed by atoms with E-state index in [0.717, 1.165) is 17.7 Å². The minimum absolute atomic E-state index is 0.0162. The van der Waals surface area contributed by atoms with Gasteiger partial charge >= 0.3 is 0 Å². The molecule has 2 saturated heterocycles.